The van der Waals surface area contributed by atoms with Crippen LogP contribution in [0, 0.1) is 0 Å². The van der Waals surface area contributed by atoms with Gasteiger partial charge in [0.2, 0.25) is 5.90 Å². The van der Waals surface area contributed by atoms with E-state index in [0.29, 0.717) is 23.2 Å². The highest BCUT2D eigenvalue weighted by molar-refractivity contribution is 6.32. The molecule has 1 atom stereocenters. The molecular weight excluding hydrogens is 228 g/mol. The third-order valence-electron chi connectivity index (χ3n) is 2.27. The summed E-state index contributed by atoms with van der Waals surface area (Å²) in [5.74, 6) is 1.18. The fourth-order valence-corrected chi connectivity index (χ4v) is 1.62. The maximum Gasteiger partial charge on any atom is 0.238 e. The fourth-order valence-electron chi connectivity index (χ4n) is 1.43. The number of benzene rings is 1. The number of hydrazone groups is 1. The Hall–Kier alpha value is -1.42. The van der Waals surface area contributed by atoms with Gasteiger partial charge in [0.25, 0.3) is 0 Å². The van der Waals surface area contributed by atoms with Crippen molar-refractivity contribution in [2.75, 3.05) is 13.7 Å². The number of ether oxygens (including phenoxy) is 2. The van der Waals surface area contributed by atoms with Gasteiger partial charge in [-0.05, 0) is 25.1 Å². The van der Waals surface area contributed by atoms with E-state index in [0.717, 1.165) is 5.56 Å². The van der Waals surface area contributed by atoms with Crippen molar-refractivity contribution in [2.24, 2.45) is 5.10 Å². The largest absolute Gasteiger partial charge is 0.495 e. The van der Waals surface area contributed by atoms with Crippen molar-refractivity contribution in [3.05, 3.63) is 28.8 Å². The molecule has 1 unspecified atom stereocenters. The van der Waals surface area contributed by atoms with Crippen molar-refractivity contribution < 1.29 is 9.47 Å². The minimum Gasteiger partial charge on any atom is -0.495 e. The van der Waals surface area contributed by atoms with Gasteiger partial charge in [-0.1, -0.05) is 11.6 Å². The van der Waals surface area contributed by atoms with E-state index in [1.54, 1.807) is 19.2 Å². The monoisotopic (exact) mass is 240 g/mol. The maximum absolute atomic E-state index is 5.94. The summed E-state index contributed by atoms with van der Waals surface area (Å²) in [5, 5.41) is 4.67. The predicted molar refractivity (Wildman–Crippen MR) is 63.1 cm³/mol. The Bertz CT molecular complexity index is 420. The minimum absolute atomic E-state index is 0.106. The Morgan fingerprint density at radius 1 is 1.56 bits per heavy atom. The quantitative estimate of drug-likeness (QED) is 0.860. The van der Waals surface area contributed by atoms with Crippen molar-refractivity contribution >= 4 is 17.5 Å². The Morgan fingerprint density at radius 3 is 3.06 bits per heavy atom. The zero-order valence-electron chi connectivity index (χ0n) is 9.16. The maximum atomic E-state index is 5.94. The smallest absolute Gasteiger partial charge is 0.238 e. The van der Waals surface area contributed by atoms with Crippen LogP contribution < -0.4 is 10.2 Å². The molecule has 0 saturated carbocycles. The van der Waals surface area contributed by atoms with Crippen LogP contribution in [0.2, 0.25) is 5.02 Å². The van der Waals surface area contributed by atoms with Crippen molar-refractivity contribution in [2.45, 2.75) is 13.0 Å². The molecule has 0 radical (unpaired) electrons. The third kappa shape index (κ3) is 2.22. The second-order valence-corrected chi connectivity index (χ2v) is 3.96. The molecule has 86 valence electrons. The molecule has 1 N–H and O–H groups in total. The van der Waals surface area contributed by atoms with E-state index < -0.39 is 0 Å². The van der Waals surface area contributed by atoms with Crippen LogP contribution in [0.5, 0.6) is 5.75 Å². The lowest BCUT2D eigenvalue weighted by atomic mass is 10.2. The summed E-state index contributed by atoms with van der Waals surface area (Å²) in [5.41, 5.74) is 3.77. The predicted octanol–water partition coefficient (Wildman–Crippen LogP) is 2.02. The first-order valence-electron chi connectivity index (χ1n) is 5.02. The van der Waals surface area contributed by atoms with Gasteiger partial charge in [0, 0.05) is 5.56 Å². The molecule has 16 heavy (non-hydrogen) atoms. The van der Waals surface area contributed by atoms with E-state index >= 15 is 0 Å². The molecule has 0 saturated heterocycles. The molecular formula is C11H13ClN2O2. The van der Waals surface area contributed by atoms with Gasteiger partial charge >= 0.3 is 0 Å². The Morgan fingerprint density at radius 2 is 2.38 bits per heavy atom. The van der Waals surface area contributed by atoms with Gasteiger partial charge in [-0.3, -0.25) is 0 Å². The molecule has 4 nitrogen and oxygen atoms in total. The normalized spacial score (nSPS) is 19.4. The molecule has 0 fully saturated rings. The van der Waals surface area contributed by atoms with Gasteiger partial charge < -0.3 is 14.9 Å². The van der Waals surface area contributed by atoms with Gasteiger partial charge in [0.1, 0.15) is 11.9 Å². The van der Waals surface area contributed by atoms with Crippen LogP contribution in [-0.2, 0) is 4.74 Å². The number of methoxy groups -OCH3 is 1. The van der Waals surface area contributed by atoms with Crippen LogP contribution in [-0.4, -0.2) is 25.7 Å². The summed E-state index contributed by atoms with van der Waals surface area (Å²) < 4.78 is 10.7. The summed E-state index contributed by atoms with van der Waals surface area (Å²) in [7, 11) is 1.58. The molecule has 2 rings (SSSR count). The lowest BCUT2D eigenvalue weighted by Crippen LogP contribution is -2.33. The minimum atomic E-state index is 0.106. The molecule has 0 bridgehead atoms. The first-order chi connectivity index (χ1) is 7.70. The third-order valence-corrected chi connectivity index (χ3v) is 2.58. The topological polar surface area (TPSA) is 42.8 Å². The van der Waals surface area contributed by atoms with Crippen molar-refractivity contribution in [1.82, 2.24) is 5.43 Å². The molecule has 1 aliphatic heterocycles. The molecule has 5 heteroatoms. The highest BCUT2D eigenvalue weighted by atomic mass is 35.5. The molecule has 1 aromatic rings. The molecule has 0 aliphatic carbocycles. The Labute approximate surface area is 99.2 Å². The standard InChI is InChI=1S/C11H13ClN2O2/c1-7-6-13-14-11(16-7)8-3-4-9(12)10(5-8)15-2/h3-5,7,13H,6H2,1-2H3. The first-order valence-corrected chi connectivity index (χ1v) is 5.39. The summed E-state index contributed by atoms with van der Waals surface area (Å²) in [6.07, 6.45) is 0.106. The SMILES string of the molecule is COc1cc(C2=NNCC(C)O2)ccc1Cl. The van der Waals surface area contributed by atoms with Gasteiger partial charge in [0.05, 0.1) is 18.7 Å². The average molecular weight is 241 g/mol. The molecule has 0 aromatic heterocycles. The van der Waals surface area contributed by atoms with Gasteiger partial charge in [-0.25, -0.2) is 0 Å². The zero-order chi connectivity index (χ0) is 11.5. The first kappa shape index (κ1) is 11.1. The van der Waals surface area contributed by atoms with Crippen LogP contribution in [0.1, 0.15) is 12.5 Å². The lowest BCUT2D eigenvalue weighted by Gasteiger charge is -2.21. The zero-order valence-corrected chi connectivity index (χ0v) is 9.91. The van der Waals surface area contributed by atoms with E-state index in [1.165, 1.54) is 0 Å². The van der Waals surface area contributed by atoms with Gasteiger partial charge in [0.15, 0.2) is 0 Å². The summed E-state index contributed by atoms with van der Waals surface area (Å²) in [6.45, 7) is 2.70. The number of hydrogen-bond acceptors (Lipinski definition) is 4. The highest BCUT2D eigenvalue weighted by Gasteiger charge is 2.16. The lowest BCUT2D eigenvalue weighted by molar-refractivity contribution is 0.185. The van der Waals surface area contributed by atoms with Crippen LogP contribution in [0.25, 0.3) is 0 Å². The van der Waals surface area contributed by atoms with E-state index in [1.807, 2.05) is 13.0 Å². The fraction of sp³-hybridized carbons (Fsp3) is 0.364. The summed E-state index contributed by atoms with van der Waals surface area (Å²) in [6, 6.07) is 5.42. The number of rotatable bonds is 2. The summed E-state index contributed by atoms with van der Waals surface area (Å²) in [4.78, 5) is 0. The molecule has 1 aromatic carbocycles. The van der Waals surface area contributed by atoms with Crippen LogP contribution in [0.4, 0.5) is 0 Å². The Kier molecular flexibility index (Phi) is 3.19. The van der Waals surface area contributed by atoms with E-state index in [4.69, 9.17) is 21.1 Å². The van der Waals surface area contributed by atoms with Crippen LogP contribution >= 0.6 is 11.6 Å². The number of hydrogen-bond donors (Lipinski definition) is 1. The van der Waals surface area contributed by atoms with Gasteiger partial charge in [-0.2, -0.15) is 0 Å². The molecule has 0 amide bonds. The molecule has 0 spiro atoms. The molecule has 1 aliphatic rings. The summed E-state index contributed by atoms with van der Waals surface area (Å²) >= 11 is 5.94. The second-order valence-electron chi connectivity index (χ2n) is 3.56. The Balaban J connectivity index is 2.30. The number of nitrogens with one attached hydrogen (secondary N) is 1. The van der Waals surface area contributed by atoms with Crippen molar-refractivity contribution in [3.63, 3.8) is 0 Å². The van der Waals surface area contributed by atoms with Crippen molar-refractivity contribution in [3.8, 4) is 5.75 Å². The number of halogens is 1. The highest BCUT2D eigenvalue weighted by Crippen LogP contribution is 2.25. The molecule has 1 heterocycles. The van der Waals surface area contributed by atoms with Crippen LogP contribution in [0.3, 0.4) is 0 Å². The van der Waals surface area contributed by atoms with Crippen molar-refractivity contribution in [1.29, 1.82) is 0 Å². The second kappa shape index (κ2) is 4.61. The van der Waals surface area contributed by atoms with Crippen LogP contribution in [0.15, 0.2) is 23.3 Å². The van der Waals surface area contributed by atoms with E-state index in [2.05, 4.69) is 10.5 Å². The number of nitrogens with zero attached hydrogens (tertiary/aromatic N) is 1. The van der Waals surface area contributed by atoms with E-state index in [-0.39, 0.29) is 6.10 Å². The average Bonchev–Trinajstić information content (AvgIpc) is 2.29. The van der Waals surface area contributed by atoms with E-state index in [9.17, 15) is 0 Å². The van der Waals surface area contributed by atoms with Gasteiger partial charge in [-0.15, -0.1) is 5.10 Å².